The van der Waals surface area contributed by atoms with Crippen LogP contribution in [-0.2, 0) is 20.7 Å². The van der Waals surface area contributed by atoms with Crippen LogP contribution in [0.2, 0.25) is 0 Å². The van der Waals surface area contributed by atoms with E-state index in [-0.39, 0.29) is 35.3 Å². The second-order valence-electron chi connectivity index (χ2n) is 7.43. The van der Waals surface area contributed by atoms with Crippen LogP contribution in [0.25, 0.3) is 0 Å². The summed E-state index contributed by atoms with van der Waals surface area (Å²) in [5, 5.41) is 3.24. The fourth-order valence-electron chi connectivity index (χ4n) is 4.25. The van der Waals surface area contributed by atoms with Crippen molar-refractivity contribution in [2.45, 2.75) is 51.0 Å². The largest absolute Gasteiger partial charge is 0.487 e. The molecule has 0 amide bonds. The zero-order valence-corrected chi connectivity index (χ0v) is 16.6. The molecule has 2 aliphatic rings. The number of carbonyl (C=O) groups is 1. The van der Waals surface area contributed by atoms with Gasteiger partial charge in [0.2, 0.25) is 0 Å². The van der Waals surface area contributed by atoms with Gasteiger partial charge in [-0.1, -0.05) is 6.92 Å². The highest BCUT2D eigenvalue weighted by molar-refractivity contribution is 5.79. The molecule has 2 fully saturated rings. The molecule has 0 unspecified atom stereocenters. The van der Waals surface area contributed by atoms with Crippen LogP contribution in [0.1, 0.15) is 49.7 Å². The van der Waals surface area contributed by atoms with E-state index in [1.807, 2.05) is 0 Å². The molecule has 0 bridgehead atoms. The van der Waals surface area contributed by atoms with E-state index in [9.17, 15) is 9.18 Å². The smallest absolute Gasteiger partial charge is 0.313 e. The minimum absolute atomic E-state index is 0.100. The number of piperidine rings is 1. The van der Waals surface area contributed by atoms with E-state index in [0.29, 0.717) is 38.9 Å². The molecule has 0 saturated carbocycles. The quantitative estimate of drug-likeness (QED) is 0.746. The summed E-state index contributed by atoms with van der Waals surface area (Å²) in [6, 6.07) is 1.11. The number of rotatable bonds is 6. The van der Waals surface area contributed by atoms with Crippen LogP contribution in [0.3, 0.4) is 0 Å². The molecule has 1 atom stereocenters. The summed E-state index contributed by atoms with van der Waals surface area (Å²) >= 11 is 0. The summed E-state index contributed by atoms with van der Waals surface area (Å²) in [4.78, 5) is 12.7. The summed E-state index contributed by atoms with van der Waals surface area (Å²) in [7, 11) is 1.29. The van der Waals surface area contributed by atoms with E-state index in [2.05, 4.69) is 5.32 Å². The molecule has 1 aromatic rings. The van der Waals surface area contributed by atoms with Gasteiger partial charge in [0.1, 0.15) is 11.9 Å². The van der Waals surface area contributed by atoms with Crippen molar-refractivity contribution in [2.24, 2.45) is 5.92 Å². The predicted octanol–water partition coefficient (Wildman–Crippen LogP) is 3.34. The Morgan fingerprint density at radius 3 is 2.54 bits per heavy atom. The SMILES string of the molecule is CCc1c(F)cc(OC2CCOCC2)c(F)c1[C@@H](C(=O)OC)C1CCNCC1. The van der Waals surface area contributed by atoms with Crippen LogP contribution >= 0.6 is 0 Å². The second-order valence-corrected chi connectivity index (χ2v) is 7.43. The highest BCUT2D eigenvalue weighted by Crippen LogP contribution is 2.40. The van der Waals surface area contributed by atoms with Gasteiger partial charge in [-0.3, -0.25) is 4.79 Å². The number of ether oxygens (including phenoxy) is 3. The zero-order valence-electron chi connectivity index (χ0n) is 16.6. The first-order valence-corrected chi connectivity index (χ1v) is 10.1. The average Bonchev–Trinajstić information content (AvgIpc) is 2.73. The van der Waals surface area contributed by atoms with Crippen molar-refractivity contribution in [1.82, 2.24) is 5.32 Å². The maximum atomic E-state index is 15.6. The van der Waals surface area contributed by atoms with Crippen LogP contribution in [-0.4, -0.2) is 45.5 Å². The van der Waals surface area contributed by atoms with Crippen molar-refractivity contribution >= 4 is 5.97 Å². The van der Waals surface area contributed by atoms with Crippen molar-refractivity contribution in [2.75, 3.05) is 33.4 Å². The first kappa shape index (κ1) is 21.0. The van der Waals surface area contributed by atoms with Crippen molar-refractivity contribution in [3.63, 3.8) is 0 Å². The third-order valence-electron chi connectivity index (χ3n) is 5.76. The Bertz CT molecular complexity index is 685. The molecule has 28 heavy (non-hydrogen) atoms. The van der Waals surface area contributed by atoms with Crippen molar-refractivity contribution in [3.8, 4) is 5.75 Å². The standard InChI is InChI=1S/C21H29F2NO4/c1-3-15-16(22)12-17(28-14-6-10-27-11-7-14)20(23)19(15)18(21(25)26-2)13-4-8-24-9-5-13/h12-14,18,24H,3-11H2,1-2H3/t18-/m0/s1. The van der Waals surface area contributed by atoms with E-state index in [1.165, 1.54) is 7.11 Å². The normalized spacial score (nSPS) is 20.0. The Morgan fingerprint density at radius 2 is 1.93 bits per heavy atom. The fraction of sp³-hybridized carbons (Fsp3) is 0.667. The molecule has 7 heteroatoms. The summed E-state index contributed by atoms with van der Waals surface area (Å²) in [6.07, 6.45) is 2.72. The lowest BCUT2D eigenvalue weighted by atomic mass is 9.78. The number of hydrogen-bond acceptors (Lipinski definition) is 5. The number of esters is 1. The van der Waals surface area contributed by atoms with Crippen molar-refractivity contribution < 1.29 is 27.8 Å². The maximum Gasteiger partial charge on any atom is 0.313 e. The molecule has 2 heterocycles. The Labute approximate surface area is 164 Å². The third kappa shape index (κ3) is 4.46. The van der Waals surface area contributed by atoms with Crippen LogP contribution in [0, 0.1) is 17.6 Å². The number of carbonyl (C=O) groups excluding carboxylic acids is 1. The number of nitrogens with one attached hydrogen (secondary N) is 1. The molecule has 0 radical (unpaired) electrons. The van der Waals surface area contributed by atoms with E-state index in [0.717, 1.165) is 19.2 Å². The summed E-state index contributed by atoms with van der Waals surface area (Å²) < 4.78 is 46.6. The average molecular weight is 397 g/mol. The molecule has 2 saturated heterocycles. The first-order chi connectivity index (χ1) is 13.6. The van der Waals surface area contributed by atoms with Gasteiger partial charge in [-0.25, -0.2) is 8.78 Å². The van der Waals surface area contributed by atoms with Crippen LogP contribution < -0.4 is 10.1 Å². The maximum absolute atomic E-state index is 15.6. The number of hydrogen-bond donors (Lipinski definition) is 1. The van der Waals surface area contributed by atoms with Gasteiger partial charge in [0, 0.05) is 24.5 Å². The topological polar surface area (TPSA) is 56.8 Å². The summed E-state index contributed by atoms with van der Waals surface area (Å²) in [5.74, 6) is -2.77. The van der Waals surface area contributed by atoms with E-state index >= 15 is 4.39 Å². The first-order valence-electron chi connectivity index (χ1n) is 10.1. The van der Waals surface area contributed by atoms with Gasteiger partial charge in [0.05, 0.1) is 26.2 Å². The molecule has 5 nitrogen and oxygen atoms in total. The lowest BCUT2D eigenvalue weighted by Gasteiger charge is -2.31. The Morgan fingerprint density at radius 1 is 1.25 bits per heavy atom. The monoisotopic (exact) mass is 397 g/mol. The number of halogens is 2. The molecule has 0 aliphatic carbocycles. The van der Waals surface area contributed by atoms with E-state index < -0.39 is 23.5 Å². The molecule has 0 aromatic heterocycles. The molecular formula is C21H29F2NO4. The van der Waals surface area contributed by atoms with E-state index in [4.69, 9.17) is 14.2 Å². The van der Waals surface area contributed by atoms with Crippen LogP contribution in [0.15, 0.2) is 6.07 Å². The van der Waals surface area contributed by atoms with Gasteiger partial charge in [0.15, 0.2) is 11.6 Å². The van der Waals surface area contributed by atoms with Gasteiger partial charge in [0.25, 0.3) is 0 Å². The minimum atomic E-state index is -0.838. The Balaban J connectivity index is 2.03. The highest BCUT2D eigenvalue weighted by atomic mass is 19.1. The zero-order chi connectivity index (χ0) is 20.1. The second kappa shape index (κ2) is 9.65. The molecule has 2 aliphatic heterocycles. The molecular weight excluding hydrogens is 368 g/mol. The van der Waals surface area contributed by atoms with Crippen molar-refractivity contribution in [1.29, 1.82) is 0 Å². The lowest BCUT2D eigenvalue weighted by Crippen LogP contribution is -2.35. The van der Waals surface area contributed by atoms with Gasteiger partial charge in [-0.2, -0.15) is 0 Å². The number of methoxy groups -OCH3 is 1. The number of benzene rings is 1. The van der Waals surface area contributed by atoms with Gasteiger partial charge in [-0.15, -0.1) is 0 Å². The van der Waals surface area contributed by atoms with Gasteiger partial charge in [-0.05, 0) is 43.8 Å². The molecule has 0 spiro atoms. The minimum Gasteiger partial charge on any atom is -0.487 e. The van der Waals surface area contributed by atoms with Crippen molar-refractivity contribution in [3.05, 3.63) is 28.8 Å². The lowest BCUT2D eigenvalue weighted by molar-refractivity contribution is -0.144. The van der Waals surface area contributed by atoms with Gasteiger partial charge >= 0.3 is 5.97 Å². The molecule has 3 rings (SSSR count). The summed E-state index contributed by atoms with van der Waals surface area (Å²) in [6.45, 7) is 4.31. The Kier molecular flexibility index (Phi) is 7.24. The van der Waals surface area contributed by atoms with Crippen LogP contribution in [0.5, 0.6) is 5.75 Å². The molecule has 1 N–H and O–H groups in total. The predicted molar refractivity (Wildman–Crippen MR) is 101 cm³/mol. The van der Waals surface area contributed by atoms with Gasteiger partial charge < -0.3 is 19.5 Å². The third-order valence-corrected chi connectivity index (χ3v) is 5.76. The van der Waals surface area contributed by atoms with E-state index in [1.54, 1.807) is 6.92 Å². The fourth-order valence-corrected chi connectivity index (χ4v) is 4.25. The Hall–Kier alpha value is -1.73. The van der Waals surface area contributed by atoms with Crippen LogP contribution in [0.4, 0.5) is 8.78 Å². The molecule has 156 valence electrons. The summed E-state index contributed by atoms with van der Waals surface area (Å²) in [5.41, 5.74) is 0.328. The molecule has 1 aromatic carbocycles. The highest BCUT2D eigenvalue weighted by Gasteiger charge is 2.37.